The Bertz CT molecular complexity index is 1840. The van der Waals surface area contributed by atoms with E-state index in [-0.39, 0.29) is 22.2 Å². The number of carbonyl (C=O) groups is 1. The molecule has 2 aromatic heterocycles. The van der Waals surface area contributed by atoms with Crippen molar-refractivity contribution < 1.29 is 62.1 Å². The van der Waals surface area contributed by atoms with Crippen LogP contribution in [0.4, 0.5) is 33.5 Å². The Morgan fingerprint density at radius 3 is 2.50 bits per heavy atom. The number of amides is 1. The maximum atomic E-state index is 14.9. The van der Waals surface area contributed by atoms with Gasteiger partial charge < -0.3 is 39.4 Å². The molecule has 0 saturated heterocycles. The first-order valence-electron chi connectivity index (χ1n) is 16.1. The highest BCUT2D eigenvalue weighted by Crippen LogP contribution is 2.42. The van der Waals surface area contributed by atoms with E-state index in [1.807, 2.05) is 0 Å². The Hall–Kier alpha value is -4.24. The third kappa shape index (κ3) is 6.15. The number of phosphoric ester groups is 1. The van der Waals surface area contributed by atoms with Crippen molar-refractivity contribution in [1.82, 2.24) is 15.0 Å². The monoisotopic (exact) mass is 591 g/mol. The molecule has 0 atom stereocenters. The number of hydrogen-bond acceptors (Lipinski definition) is 12. The summed E-state index contributed by atoms with van der Waals surface area (Å²) in [5.74, 6) is -7.02. The number of aromatic nitrogens is 3. The fourth-order valence-corrected chi connectivity index (χ4v) is 3.46. The zero-order chi connectivity index (χ0) is 38.5. The number of phosphoric acid groups is 1. The van der Waals surface area contributed by atoms with Crippen molar-refractivity contribution in [3.63, 3.8) is 0 Å². The summed E-state index contributed by atoms with van der Waals surface area (Å²) in [5, 5.41) is 4.98. The first-order valence-corrected chi connectivity index (χ1v) is 12.2. The van der Waals surface area contributed by atoms with Crippen molar-refractivity contribution in [3.8, 4) is 23.0 Å². The van der Waals surface area contributed by atoms with Crippen LogP contribution in [-0.4, -0.2) is 64.0 Å². The molecule has 0 saturated carbocycles. The van der Waals surface area contributed by atoms with Crippen LogP contribution in [0.1, 0.15) is 28.9 Å². The molecule has 3 heterocycles. The molecule has 15 nitrogen and oxygen atoms in total. The maximum Gasteiger partial charge on any atom is 0.471 e. The number of nitrogens with one attached hydrogen (secondary N) is 2. The summed E-state index contributed by atoms with van der Waals surface area (Å²) in [5.41, 5.74) is -2.02. The van der Waals surface area contributed by atoms with Crippen LogP contribution in [0.5, 0.6) is 23.0 Å². The number of ether oxygens (including phenoxy) is 4. The summed E-state index contributed by atoms with van der Waals surface area (Å²) in [6.07, 6.45) is 0.649. The van der Waals surface area contributed by atoms with E-state index in [1.165, 1.54) is 26.0 Å². The first-order chi connectivity index (χ1) is 23.0. The van der Waals surface area contributed by atoms with Crippen molar-refractivity contribution >= 4 is 42.8 Å². The normalized spacial score (nSPS) is 19.6. The summed E-state index contributed by atoms with van der Waals surface area (Å²) in [6, 6.07) is 4.13. The molecular formula is C23H26FN6O9P. The highest BCUT2D eigenvalue weighted by molar-refractivity contribution is 7.46. The number of benzene rings is 1. The van der Waals surface area contributed by atoms with Crippen molar-refractivity contribution in [2.75, 3.05) is 43.3 Å². The smallest absolute Gasteiger partial charge is 0.471 e. The molecule has 1 aromatic carbocycles. The zero-order valence-corrected chi connectivity index (χ0v) is 21.1. The number of hydrogen-bond donors (Lipinski definition) is 4. The van der Waals surface area contributed by atoms with Gasteiger partial charge in [0.15, 0.2) is 40.3 Å². The quantitative estimate of drug-likeness (QED) is 0.252. The first kappa shape index (κ1) is 17.5. The second kappa shape index (κ2) is 11.1. The molecule has 0 spiro atoms. The number of carbonyl (C=O) groups excluding carboxylic acids is 1. The van der Waals surface area contributed by atoms with Crippen LogP contribution >= 0.6 is 7.82 Å². The number of methoxy groups -OCH3 is 3. The highest BCUT2D eigenvalue weighted by Gasteiger charge is 2.42. The second-order valence-electron chi connectivity index (χ2n) is 8.19. The topological polar surface area (TPSA) is 187 Å². The van der Waals surface area contributed by atoms with Crippen molar-refractivity contribution in [2.24, 2.45) is 0 Å². The molecule has 17 heteroatoms. The van der Waals surface area contributed by atoms with Crippen LogP contribution in [0.15, 0.2) is 30.5 Å². The third-order valence-electron chi connectivity index (χ3n) is 4.97. The summed E-state index contributed by atoms with van der Waals surface area (Å²) in [7, 11) is -15.1. The molecule has 1 amide bonds. The molecule has 40 heavy (non-hydrogen) atoms. The van der Waals surface area contributed by atoms with Crippen LogP contribution in [-0.2, 0) is 13.9 Å². The van der Waals surface area contributed by atoms with Gasteiger partial charge in [-0.1, -0.05) is 0 Å². The van der Waals surface area contributed by atoms with Gasteiger partial charge in [-0.15, -0.1) is 0 Å². The molecule has 0 radical (unpaired) electrons. The highest BCUT2D eigenvalue weighted by atomic mass is 31.2. The number of anilines is 5. The lowest BCUT2D eigenvalue weighted by atomic mass is 10.1. The molecule has 1 aliphatic heterocycles. The molecular weight excluding hydrogens is 554 g/mol. The summed E-state index contributed by atoms with van der Waals surface area (Å²) in [6.45, 7) is -0.969. The Kier molecular flexibility index (Phi) is 4.84. The van der Waals surface area contributed by atoms with Gasteiger partial charge in [0, 0.05) is 17.8 Å². The SMILES string of the molecule is [2H]C([2H])([2H])Oc1cc(Nc2ncc(F)c(Nc3ccc4c(n3)N(C([2H])([2H])OP(=O)(O)O)C(=O)C(C)(C)O4)n2)cc(OC([2H])([2H])[2H])c1OC([2H])([2H])[2H]. The van der Waals surface area contributed by atoms with E-state index in [1.54, 1.807) is 0 Å². The third-order valence-corrected chi connectivity index (χ3v) is 5.29. The van der Waals surface area contributed by atoms with Crippen molar-refractivity contribution in [2.45, 2.75) is 19.4 Å². The van der Waals surface area contributed by atoms with Gasteiger partial charge in [0.1, 0.15) is 12.5 Å². The second-order valence-corrected chi connectivity index (χ2v) is 9.36. The van der Waals surface area contributed by atoms with Crippen LogP contribution in [0.25, 0.3) is 0 Å². The van der Waals surface area contributed by atoms with Gasteiger partial charge in [0.05, 0.1) is 42.4 Å². The Morgan fingerprint density at radius 2 is 1.85 bits per heavy atom. The van der Waals surface area contributed by atoms with Crippen LogP contribution < -0.4 is 34.5 Å². The fourth-order valence-electron chi connectivity index (χ4n) is 3.27. The average Bonchev–Trinajstić information content (AvgIpc) is 2.89. The van der Waals surface area contributed by atoms with Gasteiger partial charge in [-0.2, -0.15) is 4.98 Å². The summed E-state index contributed by atoms with van der Waals surface area (Å²) in [4.78, 5) is 43.5. The van der Waals surface area contributed by atoms with E-state index in [4.69, 9.17) is 34.0 Å². The van der Waals surface area contributed by atoms with Crippen molar-refractivity contribution in [1.29, 1.82) is 0 Å². The standard InChI is InChI=1S/C23H26FN6O9P/c1-23(2)21(31)30(11-38-40(32,33)34)20-14(39-23)6-7-17(28-20)27-19-13(24)10-25-22(29-19)26-12-8-15(35-3)18(37-5)16(9-12)36-4/h6-10H,11H2,1-5H3,(H2,32,33,34)(H2,25,26,27,28,29)/i3D3,4D3,5D3,11D2. The molecule has 214 valence electrons. The molecule has 0 aliphatic carbocycles. The Labute approximate surface area is 242 Å². The zero-order valence-electron chi connectivity index (χ0n) is 31.3. The lowest BCUT2D eigenvalue weighted by Crippen LogP contribution is -2.53. The maximum absolute atomic E-state index is 14.9. The lowest BCUT2D eigenvalue weighted by molar-refractivity contribution is -0.133. The number of pyridine rings is 1. The minimum atomic E-state index is -5.51. The van der Waals surface area contributed by atoms with E-state index < -0.39 is 87.8 Å². The van der Waals surface area contributed by atoms with Gasteiger partial charge in [0.25, 0.3) is 5.91 Å². The van der Waals surface area contributed by atoms with E-state index in [9.17, 15) is 23.5 Å². The minimum absolute atomic E-state index is 0.205. The van der Waals surface area contributed by atoms with Gasteiger partial charge >= 0.3 is 7.82 Å². The molecule has 3 aromatic rings. The molecule has 0 unspecified atom stereocenters. The Morgan fingerprint density at radius 1 is 1.15 bits per heavy atom. The Balaban J connectivity index is 1.73. The molecule has 0 fully saturated rings. The summed E-state index contributed by atoms with van der Waals surface area (Å²) >= 11 is 0. The number of halogens is 1. The number of nitrogens with zero attached hydrogens (tertiary/aromatic N) is 4. The number of fused-ring (bicyclic) bond motifs is 1. The average molecular weight is 592 g/mol. The van der Waals surface area contributed by atoms with Crippen molar-refractivity contribution in [3.05, 3.63) is 36.3 Å². The predicted molar refractivity (Wildman–Crippen MR) is 139 cm³/mol. The minimum Gasteiger partial charge on any atom is -0.493 e. The van der Waals surface area contributed by atoms with Crippen LogP contribution in [0.3, 0.4) is 0 Å². The van der Waals surface area contributed by atoms with Gasteiger partial charge in [-0.25, -0.2) is 18.9 Å². The number of rotatable bonds is 10. The van der Waals surface area contributed by atoms with E-state index in [0.717, 1.165) is 12.1 Å². The van der Waals surface area contributed by atoms with Crippen LogP contribution in [0.2, 0.25) is 0 Å². The molecule has 1 aliphatic rings. The van der Waals surface area contributed by atoms with Crippen LogP contribution in [0, 0.1) is 5.82 Å². The van der Waals surface area contributed by atoms with E-state index in [2.05, 4.69) is 30.1 Å². The van der Waals surface area contributed by atoms with E-state index >= 15 is 0 Å². The predicted octanol–water partition coefficient (Wildman–Crippen LogP) is 3.09. The van der Waals surface area contributed by atoms with E-state index in [0.29, 0.717) is 6.20 Å². The lowest BCUT2D eigenvalue weighted by Gasteiger charge is -2.37. The largest absolute Gasteiger partial charge is 0.493 e. The summed E-state index contributed by atoms with van der Waals surface area (Å²) < 4.78 is 134. The van der Waals surface area contributed by atoms with Gasteiger partial charge in [0.2, 0.25) is 11.7 Å². The van der Waals surface area contributed by atoms with Gasteiger partial charge in [-0.05, 0) is 26.0 Å². The van der Waals surface area contributed by atoms with Gasteiger partial charge in [-0.3, -0.25) is 14.2 Å². The molecule has 4 rings (SSSR count). The molecule has 4 N–H and O–H groups in total. The fraction of sp³-hybridized carbons (Fsp3) is 0.304. The molecule has 0 bridgehead atoms.